The summed E-state index contributed by atoms with van der Waals surface area (Å²) in [6.45, 7) is 2.07. The average Bonchev–Trinajstić information content (AvgIpc) is 2.91. The largest absolute Gasteiger partial charge is 0.293 e. The van der Waals surface area contributed by atoms with Crippen molar-refractivity contribution in [2.45, 2.75) is 13.3 Å². The first-order valence-electron chi connectivity index (χ1n) is 6.05. The van der Waals surface area contributed by atoms with Gasteiger partial charge >= 0.3 is 0 Å². The molecule has 18 heavy (non-hydrogen) atoms. The van der Waals surface area contributed by atoms with Gasteiger partial charge in [-0.3, -0.25) is 4.79 Å². The zero-order valence-corrected chi connectivity index (χ0v) is 11.2. The topological polar surface area (TPSA) is 17.1 Å². The van der Waals surface area contributed by atoms with Crippen molar-refractivity contribution in [3.63, 3.8) is 0 Å². The summed E-state index contributed by atoms with van der Waals surface area (Å²) in [6.07, 6.45) is 4.75. The second-order valence-electron chi connectivity index (χ2n) is 4.35. The van der Waals surface area contributed by atoms with Gasteiger partial charge in [0.25, 0.3) is 0 Å². The minimum Gasteiger partial charge on any atom is -0.293 e. The van der Waals surface area contributed by atoms with Crippen molar-refractivity contribution in [3.8, 4) is 0 Å². The summed E-state index contributed by atoms with van der Waals surface area (Å²) in [7, 11) is 0. The van der Waals surface area contributed by atoms with Crippen LogP contribution in [0.5, 0.6) is 0 Å². The van der Waals surface area contributed by atoms with E-state index in [1.165, 1.54) is 16.9 Å². The molecule has 1 atom stereocenters. The van der Waals surface area contributed by atoms with Crippen molar-refractivity contribution in [2.75, 3.05) is 0 Å². The van der Waals surface area contributed by atoms with Crippen LogP contribution in [0.2, 0.25) is 0 Å². The van der Waals surface area contributed by atoms with E-state index < -0.39 is 0 Å². The maximum Gasteiger partial charge on any atom is 0.173 e. The highest BCUT2D eigenvalue weighted by Gasteiger charge is 2.09. The number of hydrogen-bond acceptors (Lipinski definition) is 2. The van der Waals surface area contributed by atoms with Gasteiger partial charge < -0.3 is 0 Å². The van der Waals surface area contributed by atoms with Gasteiger partial charge in [0.1, 0.15) is 0 Å². The Morgan fingerprint density at radius 3 is 2.67 bits per heavy atom. The molecule has 0 spiro atoms. The lowest BCUT2D eigenvalue weighted by molar-refractivity contribution is 0.0976. The molecule has 1 aromatic heterocycles. The SMILES string of the molecule is C[C@H](/C=C/c1ccccc1)CC(=O)c1cccs1. The third-order valence-electron chi connectivity index (χ3n) is 2.72. The van der Waals surface area contributed by atoms with Crippen molar-refractivity contribution in [3.05, 3.63) is 64.4 Å². The molecule has 0 saturated heterocycles. The van der Waals surface area contributed by atoms with E-state index in [2.05, 4.69) is 31.2 Å². The van der Waals surface area contributed by atoms with E-state index in [9.17, 15) is 4.79 Å². The van der Waals surface area contributed by atoms with E-state index in [0.717, 1.165) is 4.88 Å². The van der Waals surface area contributed by atoms with Crippen LogP contribution in [0.15, 0.2) is 53.9 Å². The van der Waals surface area contributed by atoms with Gasteiger partial charge in [0, 0.05) is 6.42 Å². The molecule has 0 radical (unpaired) electrons. The molecule has 0 unspecified atom stereocenters. The Labute approximate surface area is 112 Å². The lowest BCUT2D eigenvalue weighted by atomic mass is 10.0. The lowest BCUT2D eigenvalue weighted by Gasteiger charge is -2.03. The van der Waals surface area contributed by atoms with Gasteiger partial charge in [0.15, 0.2) is 5.78 Å². The fourth-order valence-electron chi connectivity index (χ4n) is 1.74. The summed E-state index contributed by atoms with van der Waals surface area (Å²) >= 11 is 1.51. The quantitative estimate of drug-likeness (QED) is 0.710. The number of thiophene rings is 1. The number of hydrogen-bond donors (Lipinski definition) is 0. The molecule has 0 aliphatic rings. The molecular formula is C16H16OS. The van der Waals surface area contributed by atoms with Gasteiger partial charge in [-0.25, -0.2) is 0 Å². The zero-order valence-electron chi connectivity index (χ0n) is 10.4. The van der Waals surface area contributed by atoms with E-state index in [-0.39, 0.29) is 11.7 Å². The Bertz CT molecular complexity index is 511. The van der Waals surface area contributed by atoms with E-state index in [4.69, 9.17) is 0 Å². The number of Topliss-reactive ketones (excluding diaryl/α,β-unsaturated/α-hetero) is 1. The smallest absolute Gasteiger partial charge is 0.173 e. The fourth-order valence-corrected chi connectivity index (χ4v) is 2.41. The predicted molar refractivity (Wildman–Crippen MR) is 77.9 cm³/mol. The highest BCUT2D eigenvalue weighted by atomic mass is 32.1. The Kier molecular flexibility index (Phi) is 4.48. The van der Waals surface area contributed by atoms with Crippen LogP contribution in [-0.4, -0.2) is 5.78 Å². The molecule has 0 amide bonds. The molecule has 0 saturated carbocycles. The highest BCUT2D eigenvalue weighted by molar-refractivity contribution is 7.12. The molecule has 1 aromatic carbocycles. The Morgan fingerprint density at radius 2 is 2.00 bits per heavy atom. The summed E-state index contributed by atoms with van der Waals surface area (Å²) in [5.41, 5.74) is 1.17. The number of benzene rings is 1. The van der Waals surface area contributed by atoms with Gasteiger partial charge in [-0.15, -0.1) is 11.3 Å². The molecule has 0 N–H and O–H groups in total. The average molecular weight is 256 g/mol. The zero-order chi connectivity index (χ0) is 12.8. The first kappa shape index (κ1) is 12.8. The number of ketones is 1. The number of rotatable bonds is 5. The van der Waals surface area contributed by atoms with Crippen LogP contribution in [0.1, 0.15) is 28.6 Å². The summed E-state index contributed by atoms with van der Waals surface area (Å²) in [5, 5.41) is 1.94. The molecule has 2 heteroatoms. The Hall–Kier alpha value is -1.67. The Morgan fingerprint density at radius 1 is 1.22 bits per heavy atom. The maximum absolute atomic E-state index is 11.9. The summed E-state index contributed by atoms with van der Waals surface area (Å²) < 4.78 is 0. The van der Waals surface area contributed by atoms with Crippen molar-refractivity contribution >= 4 is 23.2 Å². The molecule has 0 bridgehead atoms. The lowest BCUT2D eigenvalue weighted by Crippen LogP contribution is -2.02. The normalized spacial score (nSPS) is 12.7. The third kappa shape index (κ3) is 3.67. The van der Waals surface area contributed by atoms with Crippen LogP contribution >= 0.6 is 11.3 Å². The van der Waals surface area contributed by atoms with Gasteiger partial charge in [0.2, 0.25) is 0 Å². The molecular weight excluding hydrogens is 240 g/mol. The van der Waals surface area contributed by atoms with Crippen LogP contribution in [0, 0.1) is 5.92 Å². The van der Waals surface area contributed by atoms with E-state index in [1.54, 1.807) is 0 Å². The minimum atomic E-state index is 0.232. The highest BCUT2D eigenvalue weighted by Crippen LogP contribution is 2.16. The van der Waals surface area contributed by atoms with Gasteiger partial charge in [-0.05, 0) is 22.9 Å². The number of allylic oxidation sites excluding steroid dienone is 1. The molecule has 0 aliphatic heterocycles. The molecule has 2 rings (SSSR count). The van der Waals surface area contributed by atoms with Crippen molar-refractivity contribution in [2.24, 2.45) is 5.92 Å². The molecule has 0 fully saturated rings. The number of carbonyl (C=O) groups is 1. The number of carbonyl (C=O) groups excluding carboxylic acids is 1. The van der Waals surface area contributed by atoms with Crippen LogP contribution in [-0.2, 0) is 0 Å². The Balaban J connectivity index is 1.91. The van der Waals surface area contributed by atoms with Crippen molar-refractivity contribution in [1.82, 2.24) is 0 Å². The molecule has 2 aromatic rings. The molecule has 1 heterocycles. The van der Waals surface area contributed by atoms with Gasteiger partial charge in [-0.2, -0.15) is 0 Å². The second kappa shape index (κ2) is 6.31. The maximum atomic E-state index is 11.9. The van der Waals surface area contributed by atoms with Crippen molar-refractivity contribution in [1.29, 1.82) is 0 Å². The van der Waals surface area contributed by atoms with E-state index in [1.807, 2.05) is 35.7 Å². The monoisotopic (exact) mass is 256 g/mol. The summed E-state index contributed by atoms with van der Waals surface area (Å²) in [5.74, 6) is 0.495. The summed E-state index contributed by atoms with van der Waals surface area (Å²) in [4.78, 5) is 12.8. The van der Waals surface area contributed by atoms with Gasteiger partial charge in [-0.1, -0.05) is 55.5 Å². The first-order valence-corrected chi connectivity index (χ1v) is 6.93. The van der Waals surface area contributed by atoms with Crippen molar-refractivity contribution < 1.29 is 4.79 Å². The van der Waals surface area contributed by atoms with Crippen LogP contribution < -0.4 is 0 Å². The first-order chi connectivity index (χ1) is 8.75. The van der Waals surface area contributed by atoms with Gasteiger partial charge in [0.05, 0.1) is 4.88 Å². The molecule has 1 nitrogen and oxygen atoms in total. The van der Waals surface area contributed by atoms with Crippen LogP contribution in [0.25, 0.3) is 6.08 Å². The van der Waals surface area contributed by atoms with E-state index >= 15 is 0 Å². The van der Waals surface area contributed by atoms with E-state index in [0.29, 0.717) is 6.42 Å². The second-order valence-corrected chi connectivity index (χ2v) is 5.30. The summed E-state index contributed by atoms with van der Waals surface area (Å²) in [6, 6.07) is 14.0. The third-order valence-corrected chi connectivity index (χ3v) is 3.63. The standard InChI is InChI=1S/C16H16OS/c1-13(9-10-14-6-3-2-4-7-14)12-15(17)16-8-5-11-18-16/h2-11,13H,12H2,1H3/b10-9+/t13-/m1/s1. The van der Waals surface area contributed by atoms with Crippen LogP contribution in [0.4, 0.5) is 0 Å². The minimum absolute atomic E-state index is 0.232. The van der Waals surface area contributed by atoms with Crippen LogP contribution in [0.3, 0.4) is 0 Å². The fraction of sp³-hybridized carbons (Fsp3) is 0.188. The predicted octanol–water partition coefficient (Wildman–Crippen LogP) is 4.67. The molecule has 92 valence electrons. The molecule has 0 aliphatic carbocycles.